The van der Waals surface area contributed by atoms with Gasteiger partial charge < -0.3 is 9.47 Å². The van der Waals surface area contributed by atoms with Crippen molar-refractivity contribution in [2.24, 2.45) is 46.3 Å². The van der Waals surface area contributed by atoms with Crippen LogP contribution in [0.1, 0.15) is 106 Å². The van der Waals surface area contributed by atoms with E-state index in [9.17, 15) is 9.59 Å². The Labute approximate surface area is 205 Å². The first-order valence-corrected chi connectivity index (χ1v) is 13.9. The number of carbonyl (C=O) groups is 2. The molecule has 0 heterocycles. The van der Waals surface area contributed by atoms with Crippen LogP contribution in [0.4, 0.5) is 0 Å². The molecule has 0 N–H and O–H groups in total. The maximum Gasteiger partial charge on any atom is 0.304 e. The highest BCUT2D eigenvalue weighted by atomic mass is 35.5. The fraction of sp³-hybridized carbons (Fsp3) is 0.929. The van der Waals surface area contributed by atoms with Crippen molar-refractivity contribution < 1.29 is 19.1 Å². The normalized spacial score (nSPS) is 47.6. The highest BCUT2D eigenvalue weighted by Gasteiger charge is 2.64. The summed E-state index contributed by atoms with van der Waals surface area (Å²) in [5.74, 6) is 3.13. The van der Waals surface area contributed by atoms with E-state index in [2.05, 4.69) is 27.7 Å². The quantitative estimate of drug-likeness (QED) is 0.310. The highest BCUT2D eigenvalue weighted by Crippen LogP contribution is 2.69. The SMILES string of the molecule is CCC[C@@H](C)[C@H]1CC[C@H]2[C@@H]3C[C@H](OC(C)=O)C4C[C@@](Cl)(OC(C)=O)CC[C@]4(C)[C@H]3CC[C@]12C. The average molecular weight is 481 g/mol. The molecule has 5 heteroatoms. The number of ether oxygens (including phenoxy) is 2. The van der Waals surface area contributed by atoms with Crippen molar-refractivity contribution in [3.8, 4) is 0 Å². The van der Waals surface area contributed by atoms with Crippen molar-refractivity contribution in [1.82, 2.24) is 0 Å². The van der Waals surface area contributed by atoms with E-state index < -0.39 is 5.06 Å². The number of carbonyl (C=O) groups excluding carboxylic acids is 2. The number of esters is 2. The van der Waals surface area contributed by atoms with Crippen molar-refractivity contribution in [1.29, 1.82) is 0 Å². The molecule has 0 aromatic carbocycles. The van der Waals surface area contributed by atoms with E-state index in [1.807, 2.05) is 0 Å². The monoisotopic (exact) mass is 480 g/mol. The number of rotatable bonds is 5. The maximum absolute atomic E-state index is 12.2. The molecule has 1 unspecified atom stereocenters. The summed E-state index contributed by atoms with van der Waals surface area (Å²) in [5, 5.41) is -0.974. The third kappa shape index (κ3) is 4.36. The zero-order valence-corrected chi connectivity index (χ0v) is 22.4. The van der Waals surface area contributed by atoms with Crippen LogP contribution in [0.3, 0.4) is 0 Å². The first-order valence-electron chi connectivity index (χ1n) is 13.5. The van der Waals surface area contributed by atoms with Gasteiger partial charge in [0.05, 0.1) is 0 Å². The van der Waals surface area contributed by atoms with Gasteiger partial charge in [-0.1, -0.05) is 52.1 Å². The lowest BCUT2D eigenvalue weighted by atomic mass is 9.43. The Hall–Kier alpha value is -0.770. The van der Waals surface area contributed by atoms with Gasteiger partial charge in [-0.05, 0) is 78.9 Å². The second-order valence-electron chi connectivity index (χ2n) is 12.5. The summed E-state index contributed by atoms with van der Waals surface area (Å²) in [4.78, 5) is 23.9. The van der Waals surface area contributed by atoms with Crippen LogP contribution in [0.2, 0.25) is 0 Å². The molecule has 4 fully saturated rings. The number of hydrogen-bond acceptors (Lipinski definition) is 4. The van der Waals surface area contributed by atoms with Crippen LogP contribution in [0.25, 0.3) is 0 Å². The molecular formula is C28H45ClO4. The van der Waals surface area contributed by atoms with Gasteiger partial charge in [-0.2, -0.15) is 0 Å². The molecule has 4 nitrogen and oxygen atoms in total. The average Bonchev–Trinajstić information content (AvgIpc) is 3.06. The fourth-order valence-corrected chi connectivity index (χ4v) is 9.88. The van der Waals surface area contributed by atoms with Crippen LogP contribution in [0.5, 0.6) is 0 Å². The van der Waals surface area contributed by atoms with Gasteiger partial charge in [0.25, 0.3) is 0 Å². The highest BCUT2D eigenvalue weighted by molar-refractivity contribution is 6.23. The molecular weight excluding hydrogens is 436 g/mol. The number of alkyl halides is 1. The molecule has 0 spiro atoms. The van der Waals surface area contributed by atoms with Crippen LogP contribution in [-0.2, 0) is 19.1 Å². The molecule has 0 amide bonds. The molecule has 0 saturated heterocycles. The van der Waals surface area contributed by atoms with Gasteiger partial charge in [0, 0.05) is 32.6 Å². The Morgan fingerprint density at radius 2 is 1.67 bits per heavy atom. The molecule has 0 aliphatic heterocycles. The molecule has 188 valence electrons. The zero-order valence-electron chi connectivity index (χ0n) is 21.6. The van der Waals surface area contributed by atoms with Crippen molar-refractivity contribution in [3.05, 3.63) is 0 Å². The predicted octanol–water partition coefficient (Wildman–Crippen LogP) is 7.12. The van der Waals surface area contributed by atoms with Crippen LogP contribution in [0.15, 0.2) is 0 Å². The summed E-state index contributed by atoms with van der Waals surface area (Å²) >= 11 is 6.84. The van der Waals surface area contributed by atoms with Gasteiger partial charge in [-0.3, -0.25) is 9.59 Å². The molecule has 4 rings (SSSR count). The van der Waals surface area contributed by atoms with E-state index in [0.29, 0.717) is 36.0 Å². The second-order valence-corrected chi connectivity index (χ2v) is 13.2. The van der Waals surface area contributed by atoms with E-state index in [-0.39, 0.29) is 29.4 Å². The molecule has 4 aliphatic rings. The molecule has 10 atom stereocenters. The maximum atomic E-state index is 12.2. The molecule has 33 heavy (non-hydrogen) atoms. The van der Waals surface area contributed by atoms with Crippen molar-refractivity contribution in [3.63, 3.8) is 0 Å². The van der Waals surface area contributed by atoms with Gasteiger partial charge in [0.2, 0.25) is 0 Å². The first-order chi connectivity index (χ1) is 15.4. The summed E-state index contributed by atoms with van der Waals surface area (Å²) in [6.45, 7) is 12.7. The summed E-state index contributed by atoms with van der Waals surface area (Å²) < 4.78 is 11.6. The largest absolute Gasteiger partial charge is 0.462 e. The van der Waals surface area contributed by atoms with Gasteiger partial charge >= 0.3 is 11.9 Å². The van der Waals surface area contributed by atoms with Crippen LogP contribution in [0, 0.1) is 46.3 Å². The lowest BCUT2D eigenvalue weighted by molar-refractivity contribution is -0.201. The van der Waals surface area contributed by atoms with Gasteiger partial charge in [0.15, 0.2) is 5.06 Å². The van der Waals surface area contributed by atoms with Gasteiger partial charge in [-0.25, -0.2) is 0 Å². The summed E-state index contributed by atoms with van der Waals surface area (Å²) in [6, 6.07) is 0. The first kappa shape index (κ1) is 25.3. The third-order valence-electron chi connectivity index (χ3n) is 10.8. The minimum absolute atomic E-state index is 0.0655. The van der Waals surface area contributed by atoms with Gasteiger partial charge in [-0.15, -0.1) is 0 Å². The number of hydrogen-bond donors (Lipinski definition) is 0. The van der Waals surface area contributed by atoms with E-state index in [1.165, 1.54) is 52.4 Å². The standard InChI is InChI=1S/C28H45ClO4/c1-7-8-17(2)21-9-10-22-20-15-25(32-18(3)30)24-16-28(29,33-19(4)31)14-13-27(24,6)23(20)11-12-26(21,22)5/h17,20-25H,7-16H2,1-6H3/t17-,20+,21-,22+,23+,24?,25+,26-,27-,28+/m1/s1. The second kappa shape index (κ2) is 9.03. The Morgan fingerprint density at radius 1 is 0.970 bits per heavy atom. The van der Waals surface area contributed by atoms with E-state index >= 15 is 0 Å². The van der Waals surface area contributed by atoms with Crippen molar-refractivity contribution in [2.75, 3.05) is 0 Å². The molecule has 0 aromatic rings. The third-order valence-corrected chi connectivity index (χ3v) is 11.2. The molecule has 4 saturated carbocycles. The molecule has 0 aromatic heterocycles. The Bertz CT molecular complexity index is 769. The van der Waals surface area contributed by atoms with Gasteiger partial charge in [0.1, 0.15) is 6.10 Å². The predicted molar refractivity (Wildman–Crippen MR) is 131 cm³/mol. The van der Waals surface area contributed by atoms with Crippen LogP contribution in [-0.4, -0.2) is 23.1 Å². The fourth-order valence-electron chi connectivity index (χ4n) is 9.51. The smallest absolute Gasteiger partial charge is 0.304 e. The zero-order chi connectivity index (χ0) is 24.2. The van der Waals surface area contributed by atoms with E-state index in [0.717, 1.165) is 24.7 Å². The summed E-state index contributed by atoms with van der Waals surface area (Å²) in [7, 11) is 0. The van der Waals surface area contributed by atoms with Crippen molar-refractivity contribution in [2.45, 2.75) is 117 Å². The number of halogens is 1. The lowest BCUT2D eigenvalue weighted by Gasteiger charge is -2.63. The van der Waals surface area contributed by atoms with Crippen LogP contribution >= 0.6 is 11.6 Å². The Balaban J connectivity index is 1.64. The Morgan fingerprint density at radius 3 is 2.30 bits per heavy atom. The summed E-state index contributed by atoms with van der Waals surface area (Å²) in [6.07, 6.45) is 10.8. The summed E-state index contributed by atoms with van der Waals surface area (Å²) in [5.41, 5.74) is 0.471. The topological polar surface area (TPSA) is 52.6 Å². The van der Waals surface area contributed by atoms with Crippen LogP contribution < -0.4 is 0 Å². The number of fused-ring (bicyclic) bond motifs is 5. The Kier molecular flexibility index (Phi) is 6.93. The minimum Gasteiger partial charge on any atom is -0.462 e. The minimum atomic E-state index is -0.974. The molecule has 0 bridgehead atoms. The molecule has 0 radical (unpaired) electrons. The molecule has 4 aliphatic carbocycles. The lowest BCUT2D eigenvalue weighted by Crippen LogP contribution is -2.60. The van der Waals surface area contributed by atoms with Crippen molar-refractivity contribution >= 4 is 23.5 Å². The van der Waals surface area contributed by atoms with E-state index in [1.54, 1.807) is 0 Å². The van der Waals surface area contributed by atoms with E-state index in [4.69, 9.17) is 21.1 Å².